The summed E-state index contributed by atoms with van der Waals surface area (Å²) in [5.74, 6) is 3.36. The molecule has 2 rings (SSSR count). The molecule has 5 heteroatoms. The lowest BCUT2D eigenvalue weighted by Crippen LogP contribution is -2.18. The first-order valence-electron chi connectivity index (χ1n) is 5.88. The summed E-state index contributed by atoms with van der Waals surface area (Å²) in [6, 6.07) is 5.91. The normalized spacial score (nSPS) is 10.4. The number of nitrogens with one attached hydrogen (secondary N) is 1. The molecule has 2 aromatic heterocycles. The van der Waals surface area contributed by atoms with Crippen LogP contribution in [0, 0.1) is 13.8 Å². The zero-order chi connectivity index (χ0) is 13.1. The molecule has 0 aliphatic heterocycles. The fraction of sp³-hybridized carbons (Fsp3) is 0.385. The molecule has 0 radical (unpaired) electrons. The lowest BCUT2D eigenvalue weighted by Gasteiger charge is -2.17. The molecule has 18 heavy (non-hydrogen) atoms. The summed E-state index contributed by atoms with van der Waals surface area (Å²) < 4.78 is 5.56. The van der Waals surface area contributed by atoms with Gasteiger partial charge in [-0.05, 0) is 26.0 Å². The number of furan rings is 1. The van der Waals surface area contributed by atoms with E-state index in [2.05, 4.69) is 15.3 Å². The van der Waals surface area contributed by atoms with Crippen LogP contribution in [-0.4, -0.2) is 24.1 Å². The van der Waals surface area contributed by atoms with E-state index in [1.807, 2.05) is 51.0 Å². The van der Waals surface area contributed by atoms with Crippen molar-refractivity contribution in [3.05, 3.63) is 35.4 Å². The second-order valence-corrected chi connectivity index (χ2v) is 4.31. The van der Waals surface area contributed by atoms with Crippen molar-refractivity contribution in [1.82, 2.24) is 9.97 Å². The quantitative estimate of drug-likeness (QED) is 0.897. The van der Waals surface area contributed by atoms with E-state index >= 15 is 0 Å². The highest BCUT2D eigenvalue weighted by Crippen LogP contribution is 2.16. The van der Waals surface area contributed by atoms with E-state index in [0.29, 0.717) is 12.5 Å². The van der Waals surface area contributed by atoms with Crippen LogP contribution in [0.1, 0.15) is 17.2 Å². The molecule has 0 aliphatic carbocycles. The predicted molar refractivity (Wildman–Crippen MR) is 71.9 cm³/mol. The maximum atomic E-state index is 5.56. The Morgan fingerprint density at radius 1 is 1.28 bits per heavy atom. The minimum atomic E-state index is 0.632. The Labute approximate surface area is 107 Å². The first-order valence-corrected chi connectivity index (χ1v) is 5.88. The summed E-state index contributed by atoms with van der Waals surface area (Å²) in [6.45, 7) is 4.59. The van der Waals surface area contributed by atoms with Crippen LogP contribution in [0.25, 0.3) is 0 Å². The van der Waals surface area contributed by atoms with E-state index in [4.69, 9.17) is 4.42 Å². The molecule has 96 valence electrons. The van der Waals surface area contributed by atoms with Gasteiger partial charge in [0.15, 0.2) is 0 Å². The molecule has 0 amide bonds. The first-order chi connectivity index (χ1) is 8.58. The maximum absolute atomic E-state index is 5.56. The van der Waals surface area contributed by atoms with E-state index in [-0.39, 0.29) is 0 Å². The highest BCUT2D eigenvalue weighted by molar-refractivity contribution is 5.44. The number of anilines is 2. The van der Waals surface area contributed by atoms with Crippen LogP contribution in [0.3, 0.4) is 0 Å². The van der Waals surface area contributed by atoms with Gasteiger partial charge in [-0.1, -0.05) is 0 Å². The Hall–Kier alpha value is -2.04. The van der Waals surface area contributed by atoms with Crippen LogP contribution in [0.4, 0.5) is 11.8 Å². The monoisotopic (exact) mass is 246 g/mol. The molecule has 2 aromatic rings. The van der Waals surface area contributed by atoms with Gasteiger partial charge in [0.05, 0.1) is 6.54 Å². The van der Waals surface area contributed by atoms with Crippen molar-refractivity contribution in [2.24, 2.45) is 0 Å². The van der Waals surface area contributed by atoms with Crippen LogP contribution < -0.4 is 10.2 Å². The summed E-state index contributed by atoms with van der Waals surface area (Å²) in [4.78, 5) is 10.7. The molecular weight excluding hydrogens is 228 g/mol. The third kappa shape index (κ3) is 2.80. The highest BCUT2D eigenvalue weighted by atomic mass is 16.3. The Balaban J connectivity index is 2.17. The number of nitrogens with zero attached hydrogens (tertiary/aromatic N) is 3. The fourth-order valence-corrected chi connectivity index (χ4v) is 1.74. The summed E-state index contributed by atoms with van der Waals surface area (Å²) in [5.41, 5.74) is 0.937. The number of aryl methyl sites for hydroxylation is 2. The average molecular weight is 246 g/mol. The molecule has 2 heterocycles. The summed E-state index contributed by atoms with van der Waals surface area (Å²) in [6.07, 6.45) is 0. The lowest BCUT2D eigenvalue weighted by atomic mass is 10.3. The van der Waals surface area contributed by atoms with Crippen LogP contribution in [-0.2, 0) is 6.54 Å². The second-order valence-electron chi connectivity index (χ2n) is 4.31. The zero-order valence-electron chi connectivity index (χ0n) is 11.2. The molecule has 5 nitrogen and oxygen atoms in total. The molecule has 0 aromatic carbocycles. The predicted octanol–water partition coefficient (Wildman–Crippen LogP) is 2.36. The van der Waals surface area contributed by atoms with Gasteiger partial charge in [-0.15, -0.1) is 0 Å². The Morgan fingerprint density at radius 3 is 2.67 bits per heavy atom. The van der Waals surface area contributed by atoms with Gasteiger partial charge in [0.25, 0.3) is 0 Å². The van der Waals surface area contributed by atoms with E-state index in [9.17, 15) is 0 Å². The number of rotatable bonds is 4. The van der Waals surface area contributed by atoms with E-state index < -0.39 is 0 Å². The number of hydrogen-bond donors (Lipinski definition) is 1. The van der Waals surface area contributed by atoms with Crippen molar-refractivity contribution in [3.63, 3.8) is 0 Å². The smallest absolute Gasteiger partial charge is 0.224 e. The molecule has 0 unspecified atom stereocenters. The molecule has 0 saturated heterocycles. The summed E-state index contributed by atoms with van der Waals surface area (Å²) in [7, 11) is 3.80. The molecule has 0 atom stereocenters. The molecule has 0 bridgehead atoms. The van der Waals surface area contributed by atoms with Gasteiger partial charge in [0, 0.05) is 25.9 Å². The van der Waals surface area contributed by atoms with E-state index in [0.717, 1.165) is 23.0 Å². The highest BCUT2D eigenvalue weighted by Gasteiger charge is 2.08. The van der Waals surface area contributed by atoms with Gasteiger partial charge < -0.3 is 14.6 Å². The lowest BCUT2D eigenvalue weighted by molar-refractivity contribution is 0.481. The summed E-state index contributed by atoms with van der Waals surface area (Å²) in [5, 5.41) is 2.96. The van der Waals surface area contributed by atoms with Crippen LogP contribution in [0.5, 0.6) is 0 Å². The van der Waals surface area contributed by atoms with Crippen molar-refractivity contribution >= 4 is 11.8 Å². The van der Waals surface area contributed by atoms with E-state index in [1.54, 1.807) is 0 Å². The van der Waals surface area contributed by atoms with Crippen molar-refractivity contribution in [2.45, 2.75) is 20.4 Å². The third-order valence-electron chi connectivity index (χ3n) is 2.64. The molecule has 0 saturated carbocycles. The van der Waals surface area contributed by atoms with Gasteiger partial charge in [0.1, 0.15) is 17.3 Å². The van der Waals surface area contributed by atoms with Gasteiger partial charge >= 0.3 is 0 Å². The molecule has 0 fully saturated rings. The van der Waals surface area contributed by atoms with Crippen LogP contribution >= 0.6 is 0 Å². The topological polar surface area (TPSA) is 54.2 Å². The first kappa shape index (κ1) is 12.4. The molecule has 0 aliphatic rings. The standard InChI is InChI=1S/C13H18N4O/c1-9-7-12(16-13(14-3)15-9)17(4)8-11-6-5-10(2)18-11/h5-7H,8H2,1-4H3,(H,14,15,16). The minimum Gasteiger partial charge on any atom is -0.464 e. The van der Waals surface area contributed by atoms with Gasteiger partial charge in [0.2, 0.25) is 5.95 Å². The minimum absolute atomic E-state index is 0.632. The van der Waals surface area contributed by atoms with Crippen molar-refractivity contribution in [2.75, 3.05) is 24.3 Å². The SMILES string of the molecule is CNc1nc(C)cc(N(C)Cc2ccc(C)o2)n1. The summed E-state index contributed by atoms with van der Waals surface area (Å²) >= 11 is 0. The largest absolute Gasteiger partial charge is 0.464 e. The van der Waals surface area contributed by atoms with Gasteiger partial charge in [-0.25, -0.2) is 4.98 Å². The zero-order valence-corrected chi connectivity index (χ0v) is 11.2. The second kappa shape index (κ2) is 5.08. The Bertz CT molecular complexity index is 536. The van der Waals surface area contributed by atoms with Crippen LogP contribution in [0.2, 0.25) is 0 Å². The van der Waals surface area contributed by atoms with Gasteiger partial charge in [-0.2, -0.15) is 4.98 Å². The fourth-order valence-electron chi connectivity index (χ4n) is 1.74. The van der Waals surface area contributed by atoms with Gasteiger partial charge in [-0.3, -0.25) is 0 Å². The molecular formula is C13H18N4O. The number of hydrogen-bond acceptors (Lipinski definition) is 5. The van der Waals surface area contributed by atoms with E-state index in [1.165, 1.54) is 0 Å². The molecule has 1 N–H and O–H groups in total. The van der Waals surface area contributed by atoms with Crippen molar-refractivity contribution < 1.29 is 4.42 Å². The average Bonchev–Trinajstić information content (AvgIpc) is 2.73. The Kier molecular flexibility index (Phi) is 3.50. The van der Waals surface area contributed by atoms with Crippen molar-refractivity contribution in [1.29, 1.82) is 0 Å². The van der Waals surface area contributed by atoms with Crippen LogP contribution in [0.15, 0.2) is 22.6 Å². The number of aromatic nitrogens is 2. The Morgan fingerprint density at radius 2 is 2.06 bits per heavy atom. The maximum Gasteiger partial charge on any atom is 0.224 e. The molecule has 0 spiro atoms. The third-order valence-corrected chi connectivity index (χ3v) is 2.64. The van der Waals surface area contributed by atoms with Crippen molar-refractivity contribution in [3.8, 4) is 0 Å².